The predicted octanol–water partition coefficient (Wildman–Crippen LogP) is 0.534. The highest BCUT2D eigenvalue weighted by Crippen LogP contribution is 2.09. The standard InChI is InChI=1S/C12H23N3O2S.ClH/c1-9(2)15-11(16)3-4-14-12(17)7-10-8-18-6-5-13-10;/h9-10,13H,3-8H2,1-2H3,(H,14,17)(H,15,16);1H. The van der Waals surface area contributed by atoms with E-state index in [2.05, 4.69) is 16.0 Å². The molecule has 1 rings (SSSR count). The van der Waals surface area contributed by atoms with E-state index in [-0.39, 0.29) is 36.3 Å². The molecule has 1 heterocycles. The molecule has 112 valence electrons. The Labute approximate surface area is 125 Å². The van der Waals surface area contributed by atoms with Gasteiger partial charge in [0.15, 0.2) is 0 Å². The molecule has 1 fully saturated rings. The van der Waals surface area contributed by atoms with Crippen LogP contribution in [0.2, 0.25) is 0 Å². The van der Waals surface area contributed by atoms with Gasteiger partial charge in [-0.2, -0.15) is 11.8 Å². The second-order valence-corrected chi connectivity index (χ2v) is 5.90. The summed E-state index contributed by atoms with van der Waals surface area (Å²) in [6.07, 6.45) is 0.843. The number of carbonyl (C=O) groups is 2. The van der Waals surface area contributed by atoms with Crippen LogP contribution in [-0.4, -0.2) is 48.5 Å². The number of hydrogen-bond acceptors (Lipinski definition) is 4. The molecule has 0 spiro atoms. The quantitative estimate of drug-likeness (QED) is 0.669. The lowest BCUT2D eigenvalue weighted by Gasteiger charge is -2.22. The van der Waals surface area contributed by atoms with E-state index >= 15 is 0 Å². The Balaban J connectivity index is 0.00000324. The summed E-state index contributed by atoms with van der Waals surface area (Å²) < 4.78 is 0. The fourth-order valence-electron chi connectivity index (χ4n) is 1.76. The van der Waals surface area contributed by atoms with Crippen molar-refractivity contribution in [1.29, 1.82) is 0 Å². The molecule has 7 heteroatoms. The first kappa shape index (κ1) is 18.5. The van der Waals surface area contributed by atoms with Gasteiger partial charge in [-0.1, -0.05) is 0 Å². The second-order valence-electron chi connectivity index (χ2n) is 4.75. The van der Waals surface area contributed by atoms with Gasteiger partial charge in [0.1, 0.15) is 0 Å². The molecule has 1 aliphatic rings. The van der Waals surface area contributed by atoms with Crippen molar-refractivity contribution in [1.82, 2.24) is 16.0 Å². The molecule has 1 aliphatic heterocycles. The van der Waals surface area contributed by atoms with E-state index in [1.807, 2.05) is 25.6 Å². The zero-order valence-corrected chi connectivity index (χ0v) is 13.2. The fraction of sp³-hybridized carbons (Fsp3) is 0.833. The maximum absolute atomic E-state index is 11.6. The van der Waals surface area contributed by atoms with Gasteiger partial charge in [0.2, 0.25) is 11.8 Å². The van der Waals surface area contributed by atoms with Crippen molar-refractivity contribution in [2.24, 2.45) is 0 Å². The molecule has 19 heavy (non-hydrogen) atoms. The van der Waals surface area contributed by atoms with E-state index in [0.717, 1.165) is 18.1 Å². The molecule has 1 atom stereocenters. The normalized spacial score (nSPS) is 18.6. The molecule has 2 amide bonds. The van der Waals surface area contributed by atoms with Crippen molar-refractivity contribution >= 4 is 36.0 Å². The number of thioether (sulfide) groups is 1. The van der Waals surface area contributed by atoms with Gasteiger partial charge >= 0.3 is 0 Å². The third-order valence-corrected chi connectivity index (χ3v) is 3.69. The van der Waals surface area contributed by atoms with Crippen LogP contribution in [-0.2, 0) is 9.59 Å². The van der Waals surface area contributed by atoms with Crippen LogP contribution in [0.1, 0.15) is 26.7 Å². The first-order valence-electron chi connectivity index (χ1n) is 6.45. The van der Waals surface area contributed by atoms with Crippen molar-refractivity contribution in [3.05, 3.63) is 0 Å². The summed E-state index contributed by atoms with van der Waals surface area (Å²) >= 11 is 1.87. The lowest BCUT2D eigenvalue weighted by Crippen LogP contribution is -2.42. The van der Waals surface area contributed by atoms with E-state index < -0.39 is 0 Å². The van der Waals surface area contributed by atoms with E-state index in [1.54, 1.807) is 0 Å². The third-order valence-electron chi connectivity index (χ3n) is 2.55. The second kappa shape index (κ2) is 10.3. The van der Waals surface area contributed by atoms with E-state index in [4.69, 9.17) is 0 Å². The predicted molar refractivity (Wildman–Crippen MR) is 81.9 cm³/mol. The summed E-state index contributed by atoms with van der Waals surface area (Å²) in [6.45, 7) is 5.22. The lowest BCUT2D eigenvalue weighted by atomic mass is 10.2. The maximum atomic E-state index is 11.6. The van der Waals surface area contributed by atoms with Crippen LogP contribution in [0.5, 0.6) is 0 Å². The largest absolute Gasteiger partial charge is 0.356 e. The Hall–Kier alpha value is -0.460. The third kappa shape index (κ3) is 9.13. The van der Waals surface area contributed by atoms with Gasteiger partial charge < -0.3 is 16.0 Å². The van der Waals surface area contributed by atoms with Crippen LogP contribution in [0.3, 0.4) is 0 Å². The molecule has 0 aromatic rings. The molecule has 3 N–H and O–H groups in total. The average Bonchev–Trinajstić information content (AvgIpc) is 2.29. The van der Waals surface area contributed by atoms with Gasteiger partial charge in [-0.05, 0) is 13.8 Å². The molecule has 1 unspecified atom stereocenters. The van der Waals surface area contributed by atoms with Gasteiger partial charge in [0.25, 0.3) is 0 Å². The van der Waals surface area contributed by atoms with Crippen LogP contribution in [0, 0.1) is 0 Å². The summed E-state index contributed by atoms with van der Waals surface area (Å²) in [4.78, 5) is 23.0. The van der Waals surface area contributed by atoms with E-state index in [9.17, 15) is 9.59 Å². The smallest absolute Gasteiger partial charge is 0.221 e. The van der Waals surface area contributed by atoms with Crippen LogP contribution in [0.15, 0.2) is 0 Å². The van der Waals surface area contributed by atoms with Crippen molar-refractivity contribution < 1.29 is 9.59 Å². The SMILES string of the molecule is CC(C)NC(=O)CCNC(=O)CC1CSCCN1.Cl. The topological polar surface area (TPSA) is 70.2 Å². The van der Waals surface area contributed by atoms with Crippen molar-refractivity contribution in [3.8, 4) is 0 Å². The zero-order chi connectivity index (χ0) is 13.4. The Morgan fingerprint density at radius 1 is 1.37 bits per heavy atom. The number of halogens is 1. The molecular weight excluding hydrogens is 286 g/mol. The Morgan fingerprint density at radius 3 is 2.68 bits per heavy atom. The van der Waals surface area contributed by atoms with E-state index in [0.29, 0.717) is 19.4 Å². The minimum absolute atomic E-state index is 0. The van der Waals surface area contributed by atoms with E-state index in [1.165, 1.54) is 0 Å². The molecule has 5 nitrogen and oxygen atoms in total. The molecule has 0 aromatic carbocycles. The number of carbonyl (C=O) groups excluding carboxylic acids is 2. The molecular formula is C12H24ClN3O2S. The Morgan fingerprint density at radius 2 is 2.11 bits per heavy atom. The van der Waals surface area contributed by atoms with Gasteiger partial charge in [0, 0.05) is 49.5 Å². The number of rotatable bonds is 6. The highest BCUT2D eigenvalue weighted by atomic mass is 35.5. The van der Waals surface area contributed by atoms with Crippen LogP contribution in [0.25, 0.3) is 0 Å². The fourth-order valence-corrected chi connectivity index (χ4v) is 2.71. The summed E-state index contributed by atoms with van der Waals surface area (Å²) in [5.41, 5.74) is 0. The number of amides is 2. The van der Waals surface area contributed by atoms with Gasteiger partial charge in [0.05, 0.1) is 0 Å². The molecule has 0 aliphatic carbocycles. The van der Waals surface area contributed by atoms with Crippen molar-refractivity contribution in [2.75, 3.05) is 24.6 Å². The molecule has 0 radical (unpaired) electrons. The number of nitrogens with one attached hydrogen (secondary N) is 3. The average molecular weight is 310 g/mol. The van der Waals surface area contributed by atoms with Crippen LogP contribution >= 0.6 is 24.2 Å². The molecule has 1 saturated heterocycles. The minimum Gasteiger partial charge on any atom is -0.356 e. The first-order valence-corrected chi connectivity index (χ1v) is 7.60. The van der Waals surface area contributed by atoms with Gasteiger partial charge in [-0.3, -0.25) is 9.59 Å². The Bertz CT molecular complexity index is 284. The monoisotopic (exact) mass is 309 g/mol. The first-order chi connectivity index (χ1) is 8.58. The van der Waals surface area contributed by atoms with Crippen LogP contribution in [0.4, 0.5) is 0 Å². The van der Waals surface area contributed by atoms with Gasteiger partial charge in [-0.25, -0.2) is 0 Å². The summed E-state index contributed by atoms with van der Waals surface area (Å²) in [5, 5.41) is 8.89. The number of hydrogen-bond donors (Lipinski definition) is 3. The zero-order valence-electron chi connectivity index (χ0n) is 11.5. The van der Waals surface area contributed by atoms with Crippen molar-refractivity contribution in [3.63, 3.8) is 0 Å². The summed E-state index contributed by atoms with van der Waals surface area (Å²) in [7, 11) is 0. The lowest BCUT2D eigenvalue weighted by molar-refractivity contribution is -0.122. The van der Waals surface area contributed by atoms with Crippen molar-refractivity contribution in [2.45, 2.75) is 38.8 Å². The molecule has 0 saturated carbocycles. The van der Waals surface area contributed by atoms with Crippen LogP contribution < -0.4 is 16.0 Å². The minimum atomic E-state index is -0.0170. The molecule has 0 bridgehead atoms. The van der Waals surface area contributed by atoms with Gasteiger partial charge in [-0.15, -0.1) is 12.4 Å². The molecule has 0 aromatic heterocycles. The highest BCUT2D eigenvalue weighted by Gasteiger charge is 2.16. The highest BCUT2D eigenvalue weighted by molar-refractivity contribution is 7.99. The maximum Gasteiger partial charge on any atom is 0.221 e. The summed E-state index contributed by atoms with van der Waals surface area (Å²) in [6, 6.07) is 0.421. The summed E-state index contributed by atoms with van der Waals surface area (Å²) in [5.74, 6) is 2.11. The Kier molecular flexibility index (Phi) is 10.1.